The highest BCUT2D eigenvalue weighted by Crippen LogP contribution is 2.29. The van der Waals surface area contributed by atoms with Gasteiger partial charge in [-0.15, -0.1) is 0 Å². The highest BCUT2D eigenvalue weighted by Gasteiger charge is 2.29. The van der Waals surface area contributed by atoms with Crippen LogP contribution in [-0.2, 0) is 0 Å². The molecule has 1 fully saturated rings. The first-order chi connectivity index (χ1) is 14.0. The van der Waals surface area contributed by atoms with Crippen molar-refractivity contribution in [1.29, 1.82) is 0 Å². The molecule has 1 aliphatic heterocycles. The van der Waals surface area contributed by atoms with Crippen LogP contribution in [0.3, 0.4) is 0 Å². The number of benzene rings is 1. The number of likely N-dealkylation sites (tertiary alicyclic amines) is 1. The topological polar surface area (TPSA) is 81.4 Å². The van der Waals surface area contributed by atoms with Crippen LogP contribution in [0.4, 0.5) is 9.18 Å². The molecule has 0 N–H and O–H groups in total. The molecule has 1 saturated heterocycles. The van der Waals surface area contributed by atoms with Crippen LogP contribution in [0.5, 0.6) is 5.75 Å². The quantitative estimate of drug-likeness (QED) is 0.658. The van der Waals surface area contributed by atoms with Crippen molar-refractivity contribution in [3.05, 3.63) is 59.5 Å². The van der Waals surface area contributed by atoms with Crippen LogP contribution in [-0.4, -0.2) is 39.2 Å². The van der Waals surface area contributed by atoms with Gasteiger partial charge in [-0.1, -0.05) is 5.16 Å². The summed E-state index contributed by atoms with van der Waals surface area (Å²) in [6.07, 6.45) is 1.02. The van der Waals surface area contributed by atoms with Gasteiger partial charge < -0.3 is 14.2 Å². The number of halogens is 1. The molecule has 0 radical (unpaired) electrons. The fraction of sp³-hybridized carbons (Fsp3) is 0.333. The zero-order valence-electron chi connectivity index (χ0n) is 16.3. The van der Waals surface area contributed by atoms with Crippen molar-refractivity contribution < 1.29 is 18.4 Å². The Hall–Kier alpha value is -3.29. The molecule has 7 nitrogen and oxygen atoms in total. The minimum absolute atomic E-state index is 0.0727. The van der Waals surface area contributed by atoms with E-state index >= 15 is 0 Å². The third-order valence-electron chi connectivity index (χ3n) is 5.02. The van der Waals surface area contributed by atoms with E-state index < -0.39 is 0 Å². The van der Waals surface area contributed by atoms with E-state index in [0.29, 0.717) is 54.7 Å². The van der Waals surface area contributed by atoms with Crippen molar-refractivity contribution in [3.63, 3.8) is 0 Å². The predicted molar refractivity (Wildman–Crippen MR) is 103 cm³/mol. The molecule has 0 bridgehead atoms. The average molecular weight is 396 g/mol. The minimum Gasteiger partial charge on any atom is -0.408 e. The van der Waals surface area contributed by atoms with Crippen molar-refractivity contribution in [2.75, 3.05) is 13.1 Å². The highest BCUT2D eigenvalue weighted by molar-refractivity contribution is 5.71. The van der Waals surface area contributed by atoms with Gasteiger partial charge in [-0.2, -0.15) is 4.98 Å². The summed E-state index contributed by atoms with van der Waals surface area (Å²) in [4.78, 5) is 22.9. The third kappa shape index (κ3) is 4.26. The van der Waals surface area contributed by atoms with E-state index in [1.54, 1.807) is 23.1 Å². The molecule has 1 aliphatic rings. The molecular formula is C21H21FN4O3. The Bertz CT molecular complexity index is 1010. The molecule has 29 heavy (non-hydrogen) atoms. The van der Waals surface area contributed by atoms with Gasteiger partial charge in [0.25, 0.3) is 0 Å². The highest BCUT2D eigenvalue weighted by atomic mass is 19.1. The Morgan fingerprint density at radius 2 is 1.83 bits per heavy atom. The molecule has 2 aromatic heterocycles. The lowest BCUT2D eigenvalue weighted by molar-refractivity contribution is 0.134. The maximum atomic E-state index is 13.1. The Morgan fingerprint density at radius 1 is 1.10 bits per heavy atom. The molecule has 0 saturated carbocycles. The largest absolute Gasteiger partial charge is 0.415 e. The summed E-state index contributed by atoms with van der Waals surface area (Å²) in [7, 11) is 0. The van der Waals surface area contributed by atoms with Gasteiger partial charge in [0.15, 0.2) is 5.75 Å². The van der Waals surface area contributed by atoms with Crippen LogP contribution < -0.4 is 4.74 Å². The fourth-order valence-electron chi connectivity index (χ4n) is 3.37. The molecule has 0 aliphatic carbocycles. The summed E-state index contributed by atoms with van der Waals surface area (Å²) < 4.78 is 24.0. The maximum absolute atomic E-state index is 13.1. The smallest absolute Gasteiger partial charge is 0.408 e. The molecule has 0 atom stereocenters. The summed E-state index contributed by atoms with van der Waals surface area (Å²) >= 11 is 0. The second kappa shape index (κ2) is 7.98. The summed E-state index contributed by atoms with van der Waals surface area (Å²) in [5, 5.41) is 4.00. The Kier molecular flexibility index (Phi) is 5.24. The first-order valence-electron chi connectivity index (χ1n) is 9.50. The molecular weight excluding hydrogens is 375 g/mol. The summed E-state index contributed by atoms with van der Waals surface area (Å²) in [6.45, 7) is 4.78. The van der Waals surface area contributed by atoms with Crippen LogP contribution in [0.25, 0.3) is 11.4 Å². The van der Waals surface area contributed by atoms with Crippen LogP contribution in [0.2, 0.25) is 0 Å². The SMILES string of the molecule is Cc1ccc(OC(=O)N2CCC(c3nc(-c4ccc(F)cc4)no3)CC2)c(C)n1. The van der Waals surface area contributed by atoms with Crippen molar-refractivity contribution >= 4 is 6.09 Å². The lowest BCUT2D eigenvalue weighted by atomic mass is 9.97. The number of ether oxygens (including phenoxy) is 1. The number of nitrogens with zero attached hydrogens (tertiary/aromatic N) is 4. The second-order valence-corrected chi connectivity index (χ2v) is 7.13. The molecule has 0 spiro atoms. The molecule has 0 unspecified atom stereocenters. The first-order valence-corrected chi connectivity index (χ1v) is 9.50. The zero-order valence-corrected chi connectivity index (χ0v) is 16.3. The number of carbonyl (C=O) groups is 1. The molecule has 8 heteroatoms. The number of rotatable bonds is 3. The van der Waals surface area contributed by atoms with Gasteiger partial charge in [-0.25, -0.2) is 9.18 Å². The first kappa shape index (κ1) is 19.0. The van der Waals surface area contributed by atoms with Crippen molar-refractivity contribution in [2.45, 2.75) is 32.6 Å². The summed E-state index contributed by atoms with van der Waals surface area (Å²) in [6, 6.07) is 9.53. The van der Waals surface area contributed by atoms with E-state index in [2.05, 4.69) is 15.1 Å². The van der Waals surface area contributed by atoms with Gasteiger partial charge in [0.1, 0.15) is 5.82 Å². The van der Waals surface area contributed by atoms with Crippen LogP contribution >= 0.6 is 0 Å². The number of aromatic nitrogens is 3. The van der Waals surface area contributed by atoms with E-state index in [1.807, 2.05) is 19.9 Å². The molecule has 1 amide bonds. The van der Waals surface area contributed by atoms with E-state index in [9.17, 15) is 9.18 Å². The monoisotopic (exact) mass is 396 g/mol. The van der Waals surface area contributed by atoms with E-state index in [0.717, 1.165) is 5.69 Å². The lowest BCUT2D eigenvalue weighted by Crippen LogP contribution is -2.39. The van der Waals surface area contributed by atoms with Gasteiger partial charge in [-0.05, 0) is 63.1 Å². The van der Waals surface area contributed by atoms with Crippen LogP contribution in [0.1, 0.15) is 36.0 Å². The van der Waals surface area contributed by atoms with Crippen molar-refractivity contribution in [3.8, 4) is 17.1 Å². The molecule has 3 aromatic rings. The Morgan fingerprint density at radius 3 is 2.52 bits per heavy atom. The summed E-state index contributed by atoms with van der Waals surface area (Å²) in [5.74, 6) is 1.21. The van der Waals surface area contributed by atoms with Gasteiger partial charge in [0, 0.05) is 30.3 Å². The van der Waals surface area contributed by atoms with Gasteiger partial charge in [0.05, 0.1) is 5.69 Å². The number of piperidine rings is 1. The number of carbonyl (C=O) groups excluding carboxylic acids is 1. The Labute approximate surface area is 167 Å². The predicted octanol–water partition coefficient (Wildman–Crippen LogP) is 4.27. The van der Waals surface area contributed by atoms with Crippen molar-refractivity contribution in [2.24, 2.45) is 0 Å². The normalized spacial score (nSPS) is 14.8. The second-order valence-electron chi connectivity index (χ2n) is 7.13. The molecule has 4 rings (SSSR count). The zero-order chi connectivity index (χ0) is 20.4. The van der Waals surface area contributed by atoms with Gasteiger partial charge in [0.2, 0.25) is 11.7 Å². The summed E-state index contributed by atoms with van der Waals surface area (Å²) in [5.41, 5.74) is 2.26. The third-order valence-corrected chi connectivity index (χ3v) is 5.02. The number of amides is 1. The number of hydrogen-bond donors (Lipinski definition) is 0. The Balaban J connectivity index is 1.35. The van der Waals surface area contributed by atoms with Crippen molar-refractivity contribution in [1.82, 2.24) is 20.0 Å². The molecule has 150 valence electrons. The van der Waals surface area contributed by atoms with E-state index in [-0.39, 0.29) is 17.8 Å². The number of pyridine rings is 1. The van der Waals surface area contributed by atoms with E-state index in [4.69, 9.17) is 9.26 Å². The lowest BCUT2D eigenvalue weighted by Gasteiger charge is -2.29. The molecule has 1 aromatic carbocycles. The fourth-order valence-corrected chi connectivity index (χ4v) is 3.37. The maximum Gasteiger partial charge on any atom is 0.415 e. The van der Waals surface area contributed by atoms with Gasteiger partial charge in [-0.3, -0.25) is 4.98 Å². The number of hydrogen-bond acceptors (Lipinski definition) is 6. The average Bonchev–Trinajstić information content (AvgIpc) is 3.21. The van der Waals surface area contributed by atoms with E-state index in [1.165, 1.54) is 12.1 Å². The molecule has 3 heterocycles. The van der Waals surface area contributed by atoms with Gasteiger partial charge >= 0.3 is 6.09 Å². The minimum atomic E-state index is -0.380. The van der Waals surface area contributed by atoms with Crippen LogP contribution in [0, 0.1) is 19.7 Å². The number of aryl methyl sites for hydroxylation is 2. The standard InChI is InChI=1S/C21H21FN4O3/c1-13-3-8-18(14(2)23-13)28-21(27)26-11-9-16(10-12-26)20-24-19(25-29-20)15-4-6-17(22)7-5-15/h3-8,16H,9-12H2,1-2H3. The van der Waals surface area contributed by atoms with Crippen LogP contribution in [0.15, 0.2) is 40.9 Å².